The number of rotatable bonds is 2. The van der Waals surface area contributed by atoms with E-state index in [1.54, 1.807) is 24.8 Å². The van der Waals surface area contributed by atoms with Crippen LogP contribution in [0.4, 0.5) is 0 Å². The van der Waals surface area contributed by atoms with Crippen molar-refractivity contribution in [3.05, 3.63) is 84.4 Å². The predicted molar refractivity (Wildman–Crippen MR) is 148 cm³/mol. The summed E-state index contributed by atoms with van der Waals surface area (Å²) < 4.78 is 0. The van der Waals surface area contributed by atoms with Gasteiger partial charge >= 0.3 is 0 Å². The van der Waals surface area contributed by atoms with E-state index in [1.807, 2.05) is 0 Å². The second kappa shape index (κ2) is 6.34. The number of fused-ring (bicyclic) bond motifs is 3. The average Bonchev–Trinajstić information content (AvgIpc) is 3.27. The zero-order chi connectivity index (χ0) is 23.2. The second-order valence-electron chi connectivity index (χ2n) is 13.4. The second-order valence-corrected chi connectivity index (χ2v) is 13.4. The Balaban J connectivity index is 1.11. The Hall–Kier alpha value is -2.86. The van der Waals surface area contributed by atoms with Crippen LogP contribution in [0.2, 0.25) is 0 Å². The molecule has 7 saturated carbocycles. The molecule has 0 N–H and O–H groups in total. The maximum Gasteiger partial charge on any atom is 0.00178 e. The first-order chi connectivity index (χ1) is 17.8. The van der Waals surface area contributed by atoms with Gasteiger partial charge in [0.05, 0.1) is 0 Å². The fourth-order valence-corrected chi connectivity index (χ4v) is 11.5. The summed E-state index contributed by atoms with van der Waals surface area (Å²) in [6.45, 7) is 0. The fourth-order valence-electron chi connectivity index (χ4n) is 11.5. The normalized spacial score (nSPS) is 37.7. The van der Waals surface area contributed by atoms with E-state index >= 15 is 0 Å². The summed E-state index contributed by atoms with van der Waals surface area (Å²) in [5.74, 6) is 7.21. The number of benzene rings is 4. The predicted octanol–water partition coefficient (Wildman–Crippen LogP) is 9.11. The first-order valence-corrected chi connectivity index (χ1v) is 14.6. The summed E-state index contributed by atoms with van der Waals surface area (Å²) >= 11 is 0. The molecule has 8 aliphatic rings. The smallest absolute Gasteiger partial charge is 0.00178 e. The van der Waals surface area contributed by atoms with E-state index in [0.717, 1.165) is 41.4 Å². The van der Waals surface area contributed by atoms with E-state index in [9.17, 15) is 0 Å². The summed E-state index contributed by atoms with van der Waals surface area (Å²) in [5.41, 5.74) is 10.6. The molecule has 8 aliphatic carbocycles. The molecule has 0 heterocycles. The molecule has 0 aromatic heterocycles. The minimum Gasteiger partial charge on any atom is -0.0616 e. The molecule has 176 valence electrons. The molecule has 4 aromatic carbocycles. The lowest BCUT2D eigenvalue weighted by molar-refractivity contribution is -0.220. The van der Waals surface area contributed by atoms with Gasteiger partial charge in [0.15, 0.2) is 0 Å². The van der Waals surface area contributed by atoms with Crippen LogP contribution in [0.1, 0.15) is 44.1 Å². The quantitative estimate of drug-likeness (QED) is 0.244. The number of hydrogen-bond acceptors (Lipinski definition) is 0. The molecule has 36 heavy (non-hydrogen) atoms. The maximum atomic E-state index is 2.58. The van der Waals surface area contributed by atoms with Crippen molar-refractivity contribution in [2.75, 3.05) is 0 Å². The van der Waals surface area contributed by atoms with Crippen molar-refractivity contribution in [2.24, 2.45) is 41.4 Å². The summed E-state index contributed by atoms with van der Waals surface area (Å²) in [6, 6.07) is 30.7. The van der Waals surface area contributed by atoms with Crippen molar-refractivity contribution in [1.82, 2.24) is 0 Å². The van der Waals surface area contributed by atoms with Crippen LogP contribution in [0.5, 0.6) is 0 Å². The topological polar surface area (TPSA) is 0 Å². The van der Waals surface area contributed by atoms with Crippen LogP contribution in [0, 0.1) is 41.4 Å². The summed E-state index contributed by atoms with van der Waals surface area (Å²) in [4.78, 5) is 0. The highest BCUT2D eigenvalue weighted by Crippen LogP contribution is 2.76. The van der Waals surface area contributed by atoms with Crippen molar-refractivity contribution < 1.29 is 0 Å². The molecule has 4 atom stereocenters. The van der Waals surface area contributed by atoms with E-state index in [4.69, 9.17) is 0 Å². The highest BCUT2D eigenvalue weighted by atomic mass is 14.7. The van der Waals surface area contributed by atoms with E-state index in [0.29, 0.717) is 5.41 Å². The third kappa shape index (κ3) is 2.10. The van der Waals surface area contributed by atoms with Crippen molar-refractivity contribution in [3.8, 4) is 33.4 Å². The summed E-state index contributed by atoms with van der Waals surface area (Å²) in [6.07, 6.45) is 9.28. The van der Waals surface area contributed by atoms with Gasteiger partial charge in [0.25, 0.3) is 0 Å². The largest absolute Gasteiger partial charge is 0.0616 e. The Bertz CT molecular complexity index is 1540. The molecule has 0 saturated heterocycles. The Morgan fingerprint density at radius 2 is 1.14 bits per heavy atom. The molecule has 0 amide bonds. The van der Waals surface area contributed by atoms with Crippen LogP contribution < -0.4 is 0 Å². The molecule has 0 nitrogen and oxygen atoms in total. The van der Waals surface area contributed by atoms with Crippen LogP contribution in [0.25, 0.3) is 44.2 Å². The summed E-state index contributed by atoms with van der Waals surface area (Å²) in [7, 11) is 0. The molecule has 0 aliphatic heterocycles. The van der Waals surface area contributed by atoms with Crippen molar-refractivity contribution in [1.29, 1.82) is 0 Å². The van der Waals surface area contributed by atoms with E-state index < -0.39 is 0 Å². The zero-order valence-corrected chi connectivity index (χ0v) is 20.8. The van der Waals surface area contributed by atoms with Crippen LogP contribution in [0.3, 0.4) is 0 Å². The Morgan fingerprint density at radius 1 is 0.500 bits per heavy atom. The van der Waals surface area contributed by atoms with Gasteiger partial charge in [-0.2, -0.15) is 0 Å². The van der Waals surface area contributed by atoms with Gasteiger partial charge in [0.1, 0.15) is 0 Å². The van der Waals surface area contributed by atoms with Crippen molar-refractivity contribution >= 4 is 10.8 Å². The van der Waals surface area contributed by atoms with Crippen molar-refractivity contribution in [3.63, 3.8) is 0 Å². The van der Waals surface area contributed by atoms with Crippen LogP contribution in [-0.4, -0.2) is 0 Å². The van der Waals surface area contributed by atoms with Gasteiger partial charge < -0.3 is 0 Å². The average molecular weight is 465 g/mol. The lowest BCUT2D eigenvalue weighted by atomic mass is 9.30. The Morgan fingerprint density at radius 3 is 1.89 bits per heavy atom. The lowest BCUT2D eigenvalue weighted by Crippen LogP contribution is -2.69. The molecule has 12 rings (SSSR count). The van der Waals surface area contributed by atoms with Crippen LogP contribution in [-0.2, 0) is 5.41 Å². The Labute approximate surface area is 213 Å². The van der Waals surface area contributed by atoms with E-state index in [1.165, 1.54) is 63.4 Å². The van der Waals surface area contributed by atoms with Gasteiger partial charge in [-0.1, -0.05) is 78.9 Å². The van der Waals surface area contributed by atoms with Gasteiger partial charge in [-0.3, -0.25) is 0 Å². The lowest BCUT2D eigenvalue weighted by Gasteiger charge is -2.74. The van der Waals surface area contributed by atoms with Gasteiger partial charge in [0.2, 0.25) is 0 Å². The highest BCUT2D eigenvalue weighted by Gasteiger charge is 2.70. The molecule has 8 bridgehead atoms. The minimum absolute atomic E-state index is 0.506. The molecule has 4 unspecified atom stereocenters. The van der Waals surface area contributed by atoms with Crippen LogP contribution in [0.15, 0.2) is 78.9 Å². The molecule has 4 aromatic rings. The maximum absolute atomic E-state index is 2.58. The molecule has 7 fully saturated rings. The first-order valence-electron chi connectivity index (χ1n) is 14.6. The summed E-state index contributed by atoms with van der Waals surface area (Å²) in [5, 5.41) is 2.84. The number of hydrogen-bond donors (Lipinski definition) is 0. The van der Waals surface area contributed by atoms with E-state index in [2.05, 4.69) is 78.9 Å². The Kier molecular flexibility index (Phi) is 3.39. The third-order valence-corrected chi connectivity index (χ3v) is 12.4. The van der Waals surface area contributed by atoms with Gasteiger partial charge in [-0.25, -0.2) is 0 Å². The van der Waals surface area contributed by atoms with Crippen molar-refractivity contribution in [2.45, 2.75) is 43.9 Å². The van der Waals surface area contributed by atoms with Crippen LogP contribution >= 0.6 is 0 Å². The van der Waals surface area contributed by atoms with Gasteiger partial charge in [0, 0.05) is 5.41 Å². The third-order valence-electron chi connectivity index (χ3n) is 12.4. The monoisotopic (exact) mass is 464 g/mol. The highest BCUT2D eigenvalue weighted by molar-refractivity contribution is 6.18. The SMILES string of the molecule is c1ccc2c(c1)-c1cccc3c(-c4ccc(C56CC7CC8C9CC(CC85)CC6C9C7)cc4)ccc-2c13. The standard InChI is InChI=1S/C36H32/c1-2-5-26-25(4-1)28-7-3-6-27-24(12-13-29(26)35(27)28)22-8-10-23(11-9-22)36-19-21-15-31-30-14-20(17-33(31)36)18-34(36)32(30)16-21/h1-13,20-21,30-34H,14-19H2. The van der Waals surface area contributed by atoms with Gasteiger partial charge in [-0.05, 0) is 130 Å². The molecular formula is C36H32. The first kappa shape index (κ1) is 19.3. The molecule has 0 spiro atoms. The molecular weight excluding hydrogens is 432 g/mol. The minimum atomic E-state index is 0.506. The molecule has 0 radical (unpaired) electrons. The van der Waals surface area contributed by atoms with Gasteiger partial charge in [-0.15, -0.1) is 0 Å². The molecule has 0 heteroatoms. The fraction of sp³-hybridized carbons (Fsp3) is 0.389. The zero-order valence-electron chi connectivity index (χ0n) is 20.8. The van der Waals surface area contributed by atoms with E-state index in [-0.39, 0.29) is 0 Å².